The third-order valence-corrected chi connectivity index (χ3v) is 5.86. The van der Waals surface area contributed by atoms with E-state index in [4.69, 9.17) is 0 Å². The fourth-order valence-electron chi connectivity index (χ4n) is 4.21. The van der Waals surface area contributed by atoms with E-state index in [9.17, 15) is 9.90 Å². The van der Waals surface area contributed by atoms with Crippen molar-refractivity contribution in [2.75, 3.05) is 32.7 Å². The fourth-order valence-corrected chi connectivity index (χ4v) is 4.21. The summed E-state index contributed by atoms with van der Waals surface area (Å²) in [6.45, 7) is 7.67. The van der Waals surface area contributed by atoms with Gasteiger partial charge in [0.25, 0.3) is 0 Å². The molecule has 0 unspecified atom stereocenters. The van der Waals surface area contributed by atoms with Crippen LogP contribution < -0.4 is 5.32 Å². The third-order valence-electron chi connectivity index (χ3n) is 5.86. The molecule has 2 N–H and O–H groups in total. The Labute approximate surface area is 151 Å². The molecule has 1 aliphatic carbocycles. The summed E-state index contributed by atoms with van der Waals surface area (Å²) in [4.78, 5) is 16.3. The maximum atomic E-state index is 12.1. The topological polar surface area (TPSA) is 55.8 Å². The summed E-state index contributed by atoms with van der Waals surface area (Å²) in [6, 6.07) is 9.16. The predicted molar refractivity (Wildman–Crippen MR) is 99.6 cm³/mol. The van der Waals surface area contributed by atoms with Crippen molar-refractivity contribution in [2.24, 2.45) is 5.92 Å². The van der Waals surface area contributed by atoms with Crippen LogP contribution in [-0.4, -0.2) is 65.8 Å². The van der Waals surface area contributed by atoms with Gasteiger partial charge in [-0.1, -0.05) is 24.3 Å². The lowest BCUT2D eigenvalue weighted by molar-refractivity contribution is 0.00616. The molecule has 0 aromatic heterocycles. The molecule has 3 rings (SSSR count). The summed E-state index contributed by atoms with van der Waals surface area (Å²) in [6.07, 6.45) is 2.75. The van der Waals surface area contributed by atoms with Gasteiger partial charge in [0.1, 0.15) is 0 Å². The van der Waals surface area contributed by atoms with Gasteiger partial charge in [-0.3, -0.25) is 4.90 Å². The Kier molecular flexibility index (Phi) is 5.97. The maximum absolute atomic E-state index is 12.1. The number of likely N-dealkylation sites (tertiary alicyclic amines) is 1. The van der Waals surface area contributed by atoms with Crippen LogP contribution in [0.15, 0.2) is 24.3 Å². The van der Waals surface area contributed by atoms with Crippen molar-refractivity contribution in [1.82, 2.24) is 15.1 Å². The van der Waals surface area contributed by atoms with Crippen LogP contribution in [0.25, 0.3) is 0 Å². The first kappa shape index (κ1) is 18.2. The number of hydrogen-bond donors (Lipinski definition) is 2. The van der Waals surface area contributed by atoms with E-state index >= 15 is 0 Å². The zero-order valence-electron chi connectivity index (χ0n) is 15.4. The summed E-state index contributed by atoms with van der Waals surface area (Å²) in [7, 11) is 0. The van der Waals surface area contributed by atoms with Gasteiger partial charge < -0.3 is 15.3 Å². The molecule has 1 heterocycles. The molecule has 1 saturated heterocycles. The second-order valence-electron chi connectivity index (χ2n) is 7.30. The molecule has 2 aliphatic rings. The van der Waals surface area contributed by atoms with Crippen molar-refractivity contribution < 1.29 is 9.90 Å². The van der Waals surface area contributed by atoms with Crippen LogP contribution in [-0.2, 0) is 12.8 Å². The summed E-state index contributed by atoms with van der Waals surface area (Å²) in [5, 5.41) is 13.6. The third kappa shape index (κ3) is 4.15. The van der Waals surface area contributed by atoms with Gasteiger partial charge in [-0.05, 0) is 50.8 Å². The molecule has 0 bridgehead atoms. The van der Waals surface area contributed by atoms with Gasteiger partial charge in [0.05, 0.1) is 6.10 Å². The van der Waals surface area contributed by atoms with Crippen molar-refractivity contribution in [3.63, 3.8) is 0 Å². The fraction of sp³-hybridized carbons (Fsp3) is 0.650. The Morgan fingerprint density at radius 1 is 1.24 bits per heavy atom. The van der Waals surface area contributed by atoms with Crippen LogP contribution in [0.3, 0.4) is 0 Å². The number of carbonyl (C=O) groups excluding carboxylic acids is 1. The molecule has 25 heavy (non-hydrogen) atoms. The number of aliphatic hydroxyl groups excluding tert-OH is 1. The summed E-state index contributed by atoms with van der Waals surface area (Å²) in [5.41, 5.74) is 2.91. The number of nitrogens with one attached hydrogen (secondary N) is 1. The highest BCUT2D eigenvalue weighted by molar-refractivity contribution is 5.74. The molecule has 1 aliphatic heterocycles. The number of amides is 2. The maximum Gasteiger partial charge on any atom is 0.317 e. The van der Waals surface area contributed by atoms with E-state index < -0.39 is 0 Å². The van der Waals surface area contributed by atoms with Crippen LogP contribution in [0, 0.1) is 5.92 Å². The molecule has 0 spiro atoms. The molecule has 2 amide bonds. The van der Waals surface area contributed by atoms with Gasteiger partial charge in [0, 0.05) is 38.1 Å². The molecule has 5 nitrogen and oxygen atoms in total. The first-order chi connectivity index (χ1) is 12.1. The number of hydrogen-bond acceptors (Lipinski definition) is 3. The Morgan fingerprint density at radius 2 is 1.88 bits per heavy atom. The highest BCUT2D eigenvalue weighted by Crippen LogP contribution is 2.28. The number of β-amino-alcohol motifs (C(OH)–C–C–N with tert-alkyl or cyclic N) is 1. The number of aliphatic hydroxyl groups is 1. The molecule has 0 radical (unpaired) electrons. The summed E-state index contributed by atoms with van der Waals surface area (Å²) in [5.74, 6) is 0.152. The van der Waals surface area contributed by atoms with Gasteiger partial charge in [-0.25, -0.2) is 4.79 Å². The lowest BCUT2D eigenvalue weighted by atomic mass is 9.92. The zero-order valence-corrected chi connectivity index (χ0v) is 15.4. The van der Waals surface area contributed by atoms with E-state index in [0.29, 0.717) is 32.2 Å². The first-order valence-electron chi connectivity index (χ1n) is 9.64. The first-order valence-corrected chi connectivity index (χ1v) is 9.64. The molecular formula is C20H31N3O2. The molecule has 1 fully saturated rings. The largest absolute Gasteiger partial charge is 0.391 e. The second kappa shape index (κ2) is 8.19. The minimum atomic E-state index is -0.366. The van der Waals surface area contributed by atoms with Gasteiger partial charge >= 0.3 is 6.03 Å². The SMILES string of the molecule is CCN(CC)C(=O)NC[C@@H]1CCN(C2Cc3ccccc3C2)C[C@H]1O. The van der Waals surface area contributed by atoms with E-state index in [1.807, 2.05) is 13.8 Å². The number of rotatable bonds is 5. The minimum absolute atomic E-state index is 0.0223. The number of piperidine rings is 1. The smallest absolute Gasteiger partial charge is 0.317 e. The Morgan fingerprint density at radius 3 is 2.44 bits per heavy atom. The van der Waals surface area contributed by atoms with Crippen LogP contribution in [0.2, 0.25) is 0 Å². The summed E-state index contributed by atoms with van der Waals surface area (Å²) < 4.78 is 0. The lowest BCUT2D eigenvalue weighted by Crippen LogP contribution is -2.52. The second-order valence-corrected chi connectivity index (χ2v) is 7.30. The molecule has 5 heteroatoms. The number of benzene rings is 1. The highest BCUT2D eigenvalue weighted by Gasteiger charge is 2.34. The van der Waals surface area contributed by atoms with Crippen molar-refractivity contribution >= 4 is 6.03 Å². The lowest BCUT2D eigenvalue weighted by Gasteiger charge is -2.39. The van der Waals surface area contributed by atoms with Crippen molar-refractivity contribution in [3.05, 3.63) is 35.4 Å². The standard InChI is InChI=1S/C20H31N3O2/c1-3-22(4-2)20(25)21-13-17-9-10-23(14-19(17)24)18-11-15-7-5-6-8-16(15)12-18/h5-8,17-19,24H,3-4,9-14H2,1-2H3,(H,21,25)/t17-,19+/m0/s1. The average Bonchev–Trinajstić information content (AvgIpc) is 3.06. The number of carbonyl (C=O) groups is 1. The highest BCUT2D eigenvalue weighted by atomic mass is 16.3. The van der Waals surface area contributed by atoms with Crippen molar-refractivity contribution in [2.45, 2.75) is 45.3 Å². The minimum Gasteiger partial charge on any atom is -0.391 e. The Bertz CT molecular complexity index is 563. The molecule has 138 valence electrons. The van der Waals surface area contributed by atoms with E-state index in [1.165, 1.54) is 11.1 Å². The van der Waals surface area contributed by atoms with Crippen LogP contribution >= 0.6 is 0 Å². The Hall–Kier alpha value is -1.59. The van der Waals surface area contributed by atoms with Gasteiger partial charge in [-0.2, -0.15) is 0 Å². The van der Waals surface area contributed by atoms with Gasteiger partial charge in [0.15, 0.2) is 0 Å². The average molecular weight is 345 g/mol. The van der Waals surface area contributed by atoms with Crippen molar-refractivity contribution in [1.29, 1.82) is 0 Å². The van der Waals surface area contributed by atoms with Crippen molar-refractivity contribution in [3.8, 4) is 0 Å². The number of urea groups is 1. The van der Waals surface area contributed by atoms with Gasteiger partial charge in [0.2, 0.25) is 0 Å². The monoisotopic (exact) mass is 345 g/mol. The van der Waals surface area contributed by atoms with E-state index in [-0.39, 0.29) is 18.1 Å². The molecule has 2 atom stereocenters. The molecular weight excluding hydrogens is 314 g/mol. The number of fused-ring (bicyclic) bond motifs is 1. The van der Waals surface area contributed by atoms with Crippen LogP contribution in [0.1, 0.15) is 31.4 Å². The number of nitrogens with zero attached hydrogens (tertiary/aromatic N) is 2. The molecule has 1 aromatic carbocycles. The normalized spacial score (nSPS) is 24.1. The van der Waals surface area contributed by atoms with Gasteiger partial charge in [-0.15, -0.1) is 0 Å². The van der Waals surface area contributed by atoms with E-state index in [1.54, 1.807) is 4.90 Å². The summed E-state index contributed by atoms with van der Waals surface area (Å²) >= 11 is 0. The van der Waals surface area contributed by atoms with E-state index in [0.717, 1.165) is 25.8 Å². The molecule has 0 saturated carbocycles. The molecule has 1 aromatic rings. The zero-order chi connectivity index (χ0) is 17.8. The quantitative estimate of drug-likeness (QED) is 0.857. The van der Waals surface area contributed by atoms with Crippen LogP contribution in [0.4, 0.5) is 4.79 Å². The van der Waals surface area contributed by atoms with E-state index in [2.05, 4.69) is 34.5 Å². The Balaban J connectivity index is 1.48. The predicted octanol–water partition coefficient (Wildman–Crippen LogP) is 1.89. The van der Waals surface area contributed by atoms with Crippen LogP contribution in [0.5, 0.6) is 0 Å².